The molecular formula is C18H24N2O3S2. The number of hydrogen-bond donors (Lipinski definition) is 0. The number of sulfonamides is 1. The van der Waals surface area contributed by atoms with Gasteiger partial charge in [-0.3, -0.25) is 4.90 Å². The minimum atomic E-state index is -3.40. The molecule has 0 radical (unpaired) electrons. The molecule has 0 N–H and O–H groups in total. The van der Waals surface area contributed by atoms with E-state index in [0.717, 1.165) is 19.6 Å². The van der Waals surface area contributed by atoms with Crippen molar-refractivity contribution in [3.8, 4) is 5.75 Å². The summed E-state index contributed by atoms with van der Waals surface area (Å²) in [5, 5.41) is 2.07. The summed E-state index contributed by atoms with van der Waals surface area (Å²) in [4.78, 5) is 3.82. The van der Waals surface area contributed by atoms with Crippen molar-refractivity contribution < 1.29 is 13.2 Å². The first-order chi connectivity index (χ1) is 11.9. The molecule has 1 heterocycles. The van der Waals surface area contributed by atoms with Crippen molar-refractivity contribution in [1.29, 1.82) is 0 Å². The highest BCUT2D eigenvalue weighted by atomic mass is 32.2. The zero-order valence-corrected chi connectivity index (χ0v) is 16.2. The van der Waals surface area contributed by atoms with Crippen LogP contribution < -0.4 is 4.74 Å². The molecule has 0 bridgehead atoms. The third kappa shape index (κ3) is 5.67. The van der Waals surface area contributed by atoms with Crippen LogP contribution in [0.15, 0.2) is 59.3 Å². The monoisotopic (exact) mass is 380 g/mol. The van der Waals surface area contributed by atoms with Gasteiger partial charge >= 0.3 is 0 Å². The molecule has 0 saturated carbocycles. The zero-order chi connectivity index (χ0) is 18.3. The smallest absolute Gasteiger partial charge is 0.242 e. The molecule has 1 aromatic carbocycles. The second kappa shape index (κ2) is 9.15. The Balaban J connectivity index is 1.88. The summed E-state index contributed by atoms with van der Waals surface area (Å²) in [5.41, 5.74) is 0. The topological polar surface area (TPSA) is 49.9 Å². The lowest BCUT2D eigenvalue weighted by Crippen LogP contribution is -2.28. The number of hydrogen-bond acceptors (Lipinski definition) is 5. The summed E-state index contributed by atoms with van der Waals surface area (Å²) >= 11 is 1.74. The van der Waals surface area contributed by atoms with E-state index in [2.05, 4.69) is 22.9 Å². The average molecular weight is 381 g/mol. The van der Waals surface area contributed by atoms with Gasteiger partial charge in [0.1, 0.15) is 12.4 Å². The first kappa shape index (κ1) is 19.7. The molecular weight excluding hydrogens is 356 g/mol. The van der Waals surface area contributed by atoms with Crippen LogP contribution >= 0.6 is 11.3 Å². The van der Waals surface area contributed by atoms with Crippen molar-refractivity contribution >= 4 is 21.4 Å². The molecule has 1 aromatic heterocycles. The van der Waals surface area contributed by atoms with Crippen LogP contribution in [0.2, 0.25) is 0 Å². The maximum absolute atomic E-state index is 12.0. The summed E-state index contributed by atoms with van der Waals surface area (Å²) in [5.74, 6) is 0.660. The Bertz CT molecular complexity index is 754. The maximum Gasteiger partial charge on any atom is 0.242 e. The van der Waals surface area contributed by atoms with Crippen LogP contribution in [0.25, 0.3) is 0 Å². The Morgan fingerprint density at radius 2 is 1.92 bits per heavy atom. The predicted molar refractivity (Wildman–Crippen MR) is 103 cm³/mol. The van der Waals surface area contributed by atoms with Crippen LogP contribution in [0.5, 0.6) is 5.75 Å². The van der Waals surface area contributed by atoms with Crippen LogP contribution in [0.4, 0.5) is 0 Å². The van der Waals surface area contributed by atoms with E-state index in [0.29, 0.717) is 12.4 Å². The van der Waals surface area contributed by atoms with Gasteiger partial charge < -0.3 is 4.74 Å². The van der Waals surface area contributed by atoms with E-state index >= 15 is 0 Å². The summed E-state index contributed by atoms with van der Waals surface area (Å²) in [6, 6.07) is 10.7. The van der Waals surface area contributed by atoms with Crippen molar-refractivity contribution in [2.75, 3.05) is 33.8 Å². The van der Waals surface area contributed by atoms with Crippen LogP contribution in [-0.4, -0.2) is 51.4 Å². The van der Waals surface area contributed by atoms with Gasteiger partial charge in [0.15, 0.2) is 0 Å². The molecule has 136 valence electrons. The van der Waals surface area contributed by atoms with E-state index < -0.39 is 10.0 Å². The standard InChI is InChI=1S/C18H24N2O3S2/c1-4-11-20(15-17-6-5-14-24-17)12-13-23-16-7-9-18(10-8-16)25(21,22)19(2)3/h4-10,14H,1,11-13,15H2,2-3H3. The molecule has 0 atom stereocenters. The van der Waals surface area contributed by atoms with Gasteiger partial charge in [0.25, 0.3) is 0 Å². The minimum absolute atomic E-state index is 0.260. The number of ether oxygens (including phenoxy) is 1. The second-order valence-electron chi connectivity index (χ2n) is 5.71. The highest BCUT2D eigenvalue weighted by Gasteiger charge is 2.16. The van der Waals surface area contributed by atoms with Gasteiger partial charge in [-0.05, 0) is 35.7 Å². The average Bonchev–Trinajstić information content (AvgIpc) is 3.08. The fourth-order valence-electron chi connectivity index (χ4n) is 2.25. The van der Waals surface area contributed by atoms with Crippen LogP contribution in [0.1, 0.15) is 4.88 Å². The molecule has 2 aromatic rings. The van der Waals surface area contributed by atoms with Crippen molar-refractivity contribution in [1.82, 2.24) is 9.21 Å². The summed E-state index contributed by atoms with van der Waals surface area (Å²) < 4.78 is 31.0. The largest absolute Gasteiger partial charge is 0.492 e. The van der Waals surface area contributed by atoms with E-state index in [1.165, 1.54) is 23.3 Å². The molecule has 0 spiro atoms. The van der Waals surface area contributed by atoms with Gasteiger partial charge in [0, 0.05) is 38.6 Å². The Morgan fingerprint density at radius 1 is 1.20 bits per heavy atom. The second-order valence-corrected chi connectivity index (χ2v) is 8.89. The van der Waals surface area contributed by atoms with Crippen LogP contribution in [0, 0.1) is 0 Å². The maximum atomic E-state index is 12.0. The summed E-state index contributed by atoms with van der Waals surface area (Å²) in [6.45, 7) is 6.76. The molecule has 25 heavy (non-hydrogen) atoms. The first-order valence-electron chi connectivity index (χ1n) is 7.94. The van der Waals surface area contributed by atoms with E-state index in [-0.39, 0.29) is 4.90 Å². The zero-order valence-electron chi connectivity index (χ0n) is 14.6. The molecule has 0 aliphatic rings. The molecule has 7 heteroatoms. The Labute approximate surface area is 154 Å². The predicted octanol–water partition coefficient (Wildman–Crippen LogP) is 3.07. The Morgan fingerprint density at radius 3 is 2.48 bits per heavy atom. The van der Waals surface area contributed by atoms with Gasteiger partial charge in [-0.1, -0.05) is 12.1 Å². The SMILES string of the molecule is C=CCN(CCOc1ccc(S(=O)(=O)N(C)C)cc1)Cc1cccs1. The molecule has 0 unspecified atom stereocenters. The molecule has 2 rings (SSSR count). The van der Waals surface area contributed by atoms with Crippen molar-refractivity contribution in [2.24, 2.45) is 0 Å². The Hall–Kier alpha value is -1.67. The fourth-order valence-corrected chi connectivity index (χ4v) is 3.90. The lowest BCUT2D eigenvalue weighted by molar-refractivity contribution is 0.218. The number of rotatable bonds is 10. The number of nitrogens with zero attached hydrogens (tertiary/aromatic N) is 2. The molecule has 0 aliphatic carbocycles. The van der Waals surface area contributed by atoms with Crippen molar-refractivity contribution in [3.05, 3.63) is 59.3 Å². The van der Waals surface area contributed by atoms with Crippen LogP contribution in [0.3, 0.4) is 0 Å². The summed E-state index contributed by atoms with van der Waals surface area (Å²) in [6.07, 6.45) is 1.88. The highest BCUT2D eigenvalue weighted by molar-refractivity contribution is 7.89. The lowest BCUT2D eigenvalue weighted by atomic mass is 10.3. The summed E-state index contributed by atoms with van der Waals surface area (Å²) in [7, 11) is -0.374. The van der Waals surface area contributed by atoms with Gasteiger partial charge in [-0.25, -0.2) is 12.7 Å². The van der Waals surface area contributed by atoms with Crippen molar-refractivity contribution in [2.45, 2.75) is 11.4 Å². The van der Waals surface area contributed by atoms with Gasteiger partial charge in [-0.15, -0.1) is 17.9 Å². The molecule has 0 amide bonds. The van der Waals surface area contributed by atoms with E-state index in [1.807, 2.05) is 12.1 Å². The molecule has 5 nitrogen and oxygen atoms in total. The quantitative estimate of drug-likeness (QED) is 0.595. The molecule has 0 fully saturated rings. The molecule has 0 saturated heterocycles. The van der Waals surface area contributed by atoms with Crippen LogP contribution in [-0.2, 0) is 16.6 Å². The minimum Gasteiger partial charge on any atom is -0.492 e. The van der Waals surface area contributed by atoms with E-state index in [9.17, 15) is 8.42 Å². The van der Waals surface area contributed by atoms with E-state index in [4.69, 9.17) is 4.74 Å². The van der Waals surface area contributed by atoms with Gasteiger partial charge in [0.05, 0.1) is 4.90 Å². The number of thiophene rings is 1. The van der Waals surface area contributed by atoms with Gasteiger partial charge in [0.2, 0.25) is 10.0 Å². The third-order valence-electron chi connectivity index (χ3n) is 3.63. The Kier molecular flexibility index (Phi) is 7.19. The van der Waals surface area contributed by atoms with Gasteiger partial charge in [-0.2, -0.15) is 0 Å². The highest BCUT2D eigenvalue weighted by Crippen LogP contribution is 2.18. The van der Waals surface area contributed by atoms with E-state index in [1.54, 1.807) is 35.6 Å². The number of benzene rings is 1. The fraction of sp³-hybridized carbons (Fsp3) is 0.333. The third-order valence-corrected chi connectivity index (χ3v) is 6.32. The van der Waals surface area contributed by atoms with Crippen molar-refractivity contribution in [3.63, 3.8) is 0 Å². The molecule has 0 aliphatic heterocycles. The first-order valence-corrected chi connectivity index (χ1v) is 10.3. The lowest BCUT2D eigenvalue weighted by Gasteiger charge is -2.20. The normalized spacial score (nSPS) is 11.8.